The summed E-state index contributed by atoms with van der Waals surface area (Å²) in [6, 6.07) is 15.5. The van der Waals surface area contributed by atoms with Gasteiger partial charge >= 0.3 is 0 Å². The number of carbonyl (C=O) groups excluding carboxylic acids is 1. The van der Waals surface area contributed by atoms with E-state index in [-0.39, 0.29) is 11.5 Å². The standard InChI is InChI=1S/C20H16N2O2/c1-21-13-18(16-8-2-3-9-17(16)20(21)24)14-6-4-7-15(12-14)22-11-5-10-19(22)23/h2-10,12-13H,11H2,1H3. The number of fused-ring (bicyclic) bond motifs is 1. The molecular formula is C20H16N2O2. The van der Waals surface area contributed by atoms with Gasteiger partial charge < -0.3 is 9.47 Å². The van der Waals surface area contributed by atoms with Crippen molar-refractivity contribution >= 4 is 22.4 Å². The van der Waals surface area contributed by atoms with E-state index in [9.17, 15) is 9.59 Å². The molecule has 24 heavy (non-hydrogen) atoms. The van der Waals surface area contributed by atoms with Crippen molar-refractivity contribution in [2.24, 2.45) is 7.05 Å². The maximum absolute atomic E-state index is 12.3. The van der Waals surface area contributed by atoms with Crippen molar-refractivity contribution in [3.8, 4) is 11.1 Å². The van der Waals surface area contributed by atoms with Crippen LogP contribution in [0, 0.1) is 0 Å². The van der Waals surface area contributed by atoms with Gasteiger partial charge in [0.05, 0.1) is 0 Å². The lowest BCUT2D eigenvalue weighted by Gasteiger charge is -2.17. The number of anilines is 1. The van der Waals surface area contributed by atoms with Crippen LogP contribution in [0.1, 0.15) is 0 Å². The van der Waals surface area contributed by atoms with E-state index in [4.69, 9.17) is 0 Å². The zero-order valence-corrected chi connectivity index (χ0v) is 13.3. The van der Waals surface area contributed by atoms with Gasteiger partial charge in [-0.15, -0.1) is 0 Å². The fourth-order valence-electron chi connectivity index (χ4n) is 3.16. The molecule has 4 rings (SSSR count). The first-order chi connectivity index (χ1) is 11.6. The molecule has 0 aliphatic carbocycles. The minimum absolute atomic E-state index is 0.00234. The van der Waals surface area contributed by atoms with Gasteiger partial charge in [0.1, 0.15) is 0 Å². The van der Waals surface area contributed by atoms with Crippen LogP contribution in [0.5, 0.6) is 0 Å². The van der Waals surface area contributed by atoms with Gasteiger partial charge in [-0.25, -0.2) is 0 Å². The Labute approximate surface area is 139 Å². The van der Waals surface area contributed by atoms with Crippen molar-refractivity contribution in [1.82, 2.24) is 4.57 Å². The minimum atomic E-state index is -0.00979. The van der Waals surface area contributed by atoms with Crippen molar-refractivity contribution in [3.63, 3.8) is 0 Å². The Hall–Kier alpha value is -3.14. The summed E-state index contributed by atoms with van der Waals surface area (Å²) < 4.78 is 1.60. The fraction of sp³-hybridized carbons (Fsp3) is 0.100. The first-order valence-electron chi connectivity index (χ1n) is 7.82. The zero-order valence-electron chi connectivity index (χ0n) is 13.3. The molecule has 0 fully saturated rings. The predicted molar refractivity (Wildman–Crippen MR) is 96.1 cm³/mol. The summed E-state index contributed by atoms with van der Waals surface area (Å²) in [5.41, 5.74) is 2.82. The molecule has 4 nitrogen and oxygen atoms in total. The van der Waals surface area contributed by atoms with Crippen molar-refractivity contribution < 1.29 is 4.79 Å². The predicted octanol–water partition coefficient (Wildman–Crippen LogP) is 3.11. The van der Waals surface area contributed by atoms with Crippen molar-refractivity contribution in [1.29, 1.82) is 0 Å². The maximum atomic E-state index is 12.3. The molecule has 2 heterocycles. The fourth-order valence-corrected chi connectivity index (χ4v) is 3.16. The molecule has 0 spiro atoms. The lowest BCUT2D eigenvalue weighted by molar-refractivity contribution is -0.113. The average Bonchev–Trinajstić information content (AvgIpc) is 3.04. The minimum Gasteiger partial charge on any atom is -0.317 e. The molecule has 1 aliphatic heterocycles. The van der Waals surface area contributed by atoms with Crippen LogP contribution in [0.3, 0.4) is 0 Å². The lowest BCUT2D eigenvalue weighted by atomic mass is 10.00. The molecule has 3 aromatic rings. The normalized spacial score (nSPS) is 13.9. The van der Waals surface area contributed by atoms with Gasteiger partial charge in [0.2, 0.25) is 0 Å². The third-order valence-corrected chi connectivity index (χ3v) is 4.37. The van der Waals surface area contributed by atoms with Crippen molar-refractivity contribution in [3.05, 3.63) is 77.2 Å². The van der Waals surface area contributed by atoms with E-state index in [1.165, 1.54) is 0 Å². The third-order valence-electron chi connectivity index (χ3n) is 4.37. The van der Waals surface area contributed by atoms with Gasteiger partial charge in [-0.3, -0.25) is 9.59 Å². The molecule has 0 N–H and O–H groups in total. The van der Waals surface area contributed by atoms with Crippen LogP contribution in [-0.4, -0.2) is 17.0 Å². The van der Waals surface area contributed by atoms with Gasteiger partial charge in [0, 0.05) is 42.5 Å². The second kappa shape index (κ2) is 5.49. The number of benzene rings is 2. The van der Waals surface area contributed by atoms with Gasteiger partial charge in [-0.05, 0) is 29.1 Å². The summed E-state index contributed by atoms with van der Waals surface area (Å²) in [5, 5.41) is 1.62. The summed E-state index contributed by atoms with van der Waals surface area (Å²) in [5.74, 6) is -0.00234. The molecule has 1 amide bonds. The SMILES string of the molecule is Cn1cc(-c2cccc(N3CC=CC3=O)c2)c2ccccc2c1=O. The Kier molecular flexibility index (Phi) is 3.31. The topological polar surface area (TPSA) is 42.3 Å². The second-order valence-corrected chi connectivity index (χ2v) is 5.91. The molecule has 0 radical (unpaired) electrons. The summed E-state index contributed by atoms with van der Waals surface area (Å²) in [6.45, 7) is 0.594. The van der Waals surface area contributed by atoms with E-state index in [2.05, 4.69) is 0 Å². The van der Waals surface area contributed by atoms with Gasteiger partial charge in [0.15, 0.2) is 0 Å². The van der Waals surface area contributed by atoms with Crippen LogP contribution < -0.4 is 10.5 Å². The summed E-state index contributed by atoms with van der Waals surface area (Å²) in [6.07, 6.45) is 5.30. The van der Waals surface area contributed by atoms with E-state index in [0.717, 1.165) is 22.2 Å². The number of hydrogen-bond acceptors (Lipinski definition) is 2. The Balaban J connectivity index is 1.91. The number of carbonyl (C=O) groups is 1. The van der Waals surface area contributed by atoms with Crippen molar-refractivity contribution in [2.75, 3.05) is 11.4 Å². The highest BCUT2D eigenvalue weighted by molar-refractivity contribution is 6.05. The Morgan fingerprint density at radius 3 is 2.50 bits per heavy atom. The van der Waals surface area contributed by atoms with Crippen LogP contribution in [0.15, 0.2) is 71.7 Å². The molecule has 1 aromatic heterocycles. The Morgan fingerprint density at radius 2 is 1.75 bits per heavy atom. The molecule has 0 saturated carbocycles. The molecule has 0 unspecified atom stereocenters. The number of pyridine rings is 1. The van der Waals surface area contributed by atoms with E-state index in [1.807, 2.05) is 60.8 Å². The smallest absolute Gasteiger partial charge is 0.258 e. The molecule has 0 atom stereocenters. The first-order valence-corrected chi connectivity index (χ1v) is 7.82. The highest BCUT2D eigenvalue weighted by Gasteiger charge is 2.17. The highest BCUT2D eigenvalue weighted by atomic mass is 16.2. The van der Waals surface area contributed by atoms with Gasteiger partial charge in [0.25, 0.3) is 11.5 Å². The number of amides is 1. The number of aryl methyl sites for hydroxylation is 1. The maximum Gasteiger partial charge on any atom is 0.258 e. The molecular weight excluding hydrogens is 300 g/mol. The number of aromatic nitrogens is 1. The van der Waals surface area contributed by atoms with Gasteiger partial charge in [-0.1, -0.05) is 36.4 Å². The molecule has 0 saturated heterocycles. The van der Waals surface area contributed by atoms with E-state index < -0.39 is 0 Å². The quantitative estimate of drug-likeness (QED) is 0.729. The lowest BCUT2D eigenvalue weighted by Crippen LogP contribution is -2.24. The number of nitrogens with zero attached hydrogens (tertiary/aromatic N) is 2. The molecule has 0 bridgehead atoms. The van der Waals surface area contributed by atoms with Crippen LogP contribution in [-0.2, 0) is 11.8 Å². The second-order valence-electron chi connectivity index (χ2n) is 5.91. The average molecular weight is 316 g/mol. The summed E-state index contributed by atoms with van der Waals surface area (Å²) in [4.78, 5) is 26.0. The van der Waals surface area contributed by atoms with Crippen LogP contribution in [0.25, 0.3) is 21.9 Å². The monoisotopic (exact) mass is 316 g/mol. The zero-order chi connectivity index (χ0) is 16.7. The van der Waals surface area contributed by atoms with Crippen LogP contribution in [0.4, 0.5) is 5.69 Å². The van der Waals surface area contributed by atoms with E-state index in [0.29, 0.717) is 11.9 Å². The number of rotatable bonds is 2. The largest absolute Gasteiger partial charge is 0.317 e. The third kappa shape index (κ3) is 2.24. The molecule has 4 heteroatoms. The first kappa shape index (κ1) is 14.5. The van der Waals surface area contributed by atoms with Crippen LogP contribution >= 0.6 is 0 Å². The van der Waals surface area contributed by atoms with E-state index in [1.54, 1.807) is 22.6 Å². The highest BCUT2D eigenvalue weighted by Crippen LogP contribution is 2.30. The van der Waals surface area contributed by atoms with Crippen molar-refractivity contribution in [2.45, 2.75) is 0 Å². The van der Waals surface area contributed by atoms with Gasteiger partial charge in [-0.2, -0.15) is 0 Å². The van der Waals surface area contributed by atoms with Crippen LogP contribution in [0.2, 0.25) is 0 Å². The Bertz CT molecular complexity index is 1050. The summed E-state index contributed by atoms with van der Waals surface area (Å²) >= 11 is 0. The molecule has 118 valence electrons. The molecule has 1 aliphatic rings. The number of hydrogen-bond donors (Lipinski definition) is 0. The molecule has 2 aromatic carbocycles. The van der Waals surface area contributed by atoms with E-state index >= 15 is 0 Å². The Morgan fingerprint density at radius 1 is 0.958 bits per heavy atom. The summed E-state index contributed by atoms with van der Waals surface area (Å²) in [7, 11) is 1.76.